The zero-order valence-corrected chi connectivity index (χ0v) is 13.2. The van der Waals surface area contributed by atoms with Gasteiger partial charge in [-0.15, -0.1) is 0 Å². The van der Waals surface area contributed by atoms with Crippen molar-refractivity contribution in [2.24, 2.45) is 0 Å². The summed E-state index contributed by atoms with van der Waals surface area (Å²) < 4.78 is 0. The maximum Gasteiger partial charge on any atom is 0.0642 e. The molecule has 1 unspecified atom stereocenters. The normalized spacial score (nSPS) is 12.5. The predicted octanol–water partition coefficient (Wildman–Crippen LogP) is 3.64. The van der Waals surface area contributed by atoms with Gasteiger partial charge >= 0.3 is 0 Å². The van der Waals surface area contributed by atoms with Crippen molar-refractivity contribution < 1.29 is 0 Å². The number of hydrogen-bond acceptors (Lipinski definition) is 3. The Morgan fingerprint density at radius 2 is 2.17 bits per heavy atom. The van der Waals surface area contributed by atoms with E-state index < -0.39 is 0 Å². The third-order valence-electron chi connectivity index (χ3n) is 3.19. The Morgan fingerprint density at radius 1 is 1.44 bits per heavy atom. The Balaban J connectivity index is 2.92. The fourth-order valence-corrected chi connectivity index (χ4v) is 2.89. The molecule has 0 fully saturated rings. The summed E-state index contributed by atoms with van der Waals surface area (Å²) in [7, 11) is 4.09. The van der Waals surface area contributed by atoms with E-state index in [9.17, 15) is 0 Å². The van der Waals surface area contributed by atoms with E-state index in [1.54, 1.807) is 0 Å². The number of anilines is 1. The molecule has 0 saturated heterocycles. The lowest BCUT2D eigenvalue weighted by Crippen LogP contribution is -2.31. The molecule has 1 aromatic carbocycles. The molecule has 1 atom stereocenters. The number of halogens is 1. The number of hydrogen-bond donors (Lipinski definition) is 1. The molecule has 0 bridgehead atoms. The van der Waals surface area contributed by atoms with E-state index >= 15 is 0 Å². The minimum absolute atomic E-state index is 0.493. The number of thioether (sulfide) groups is 1. The van der Waals surface area contributed by atoms with Gasteiger partial charge in [0, 0.05) is 19.6 Å². The molecular weight excluding hydrogens is 264 g/mol. The molecule has 0 saturated carbocycles. The molecule has 1 N–H and O–H groups in total. The van der Waals surface area contributed by atoms with E-state index in [1.165, 1.54) is 17.7 Å². The SMILES string of the molecule is CNCc1cccc(Cl)c1N(C)C(C)CCSC. The lowest BCUT2D eigenvalue weighted by molar-refractivity contribution is 0.664. The fourth-order valence-electron chi connectivity index (χ4n) is 1.99. The number of nitrogens with one attached hydrogen (secondary N) is 1. The van der Waals surface area contributed by atoms with Crippen molar-refractivity contribution in [2.75, 3.05) is 31.0 Å². The molecule has 2 nitrogen and oxygen atoms in total. The first-order chi connectivity index (χ1) is 8.61. The lowest BCUT2D eigenvalue weighted by Gasteiger charge is -2.30. The predicted molar refractivity (Wildman–Crippen MR) is 85.1 cm³/mol. The summed E-state index contributed by atoms with van der Waals surface area (Å²) in [5, 5.41) is 4.03. The van der Waals surface area contributed by atoms with Crippen LogP contribution in [0.4, 0.5) is 5.69 Å². The van der Waals surface area contributed by atoms with E-state index in [4.69, 9.17) is 11.6 Å². The van der Waals surface area contributed by atoms with Crippen LogP contribution < -0.4 is 10.2 Å². The van der Waals surface area contributed by atoms with Crippen molar-refractivity contribution in [2.45, 2.75) is 25.9 Å². The molecule has 0 radical (unpaired) electrons. The first-order valence-electron chi connectivity index (χ1n) is 6.25. The maximum atomic E-state index is 6.36. The highest BCUT2D eigenvalue weighted by Crippen LogP contribution is 2.31. The Hall–Kier alpha value is -0.380. The average molecular weight is 287 g/mol. The van der Waals surface area contributed by atoms with Crippen LogP contribution in [0.25, 0.3) is 0 Å². The fraction of sp³-hybridized carbons (Fsp3) is 0.571. The van der Waals surface area contributed by atoms with Gasteiger partial charge in [0.1, 0.15) is 0 Å². The maximum absolute atomic E-state index is 6.36. The van der Waals surface area contributed by atoms with Gasteiger partial charge in [-0.1, -0.05) is 23.7 Å². The molecule has 4 heteroatoms. The average Bonchev–Trinajstić information content (AvgIpc) is 2.36. The third kappa shape index (κ3) is 4.08. The van der Waals surface area contributed by atoms with E-state index in [2.05, 4.69) is 36.5 Å². The molecular formula is C14H23ClN2S. The topological polar surface area (TPSA) is 15.3 Å². The molecule has 0 aliphatic heterocycles. The van der Waals surface area contributed by atoms with Gasteiger partial charge in [-0.25, -0.2) is 0 Å². The lowest BCUT2D eigenvalue weighted by atomic mass is 10.1. The van der Waals surface area contributed by atoms with Crippen LogP contribution in [0.2, 0.25) is 5.02 Å². The van der Waals surface area contributed by atoms with Crippen LogP contribution >= 0.6 is 23.4 Å². The summed E-state index contributed by atoms with van der Waals surface area (Å²) >= 11 is 8.25. The van der Waals surface area contributed by atoms with E-state index in [-0.39, 0.29) is 0 Å². The van der Waals surface area contributed by atoms with Crippen LogP contribution in [-0.2, 0) is 6.54 Å². The van der Waals surface area contributed by atoms with E-state index in [0.717, 1.165) is 17.3 Å². The summed E-state index contributed by atoms with van der Waals surface area (Å²) in [5.41, 5.74) is 2.41. The van der Waals surface area contributed by atoms with E-state index in [0.29, 0.717) is 6.04 Å². The van der Waals surface area contributed by atoms with Gasteiger partial charge in [0.25, 0.3) is 0 Å². The summed E-state index contributed by atoms with van der Waals surface area (Å²) in [5.74, 6) is 1.18. The van der Waals surface area contributed by atoms with Crippen molar-refractivity contribution >= 4 is 29.1 Å². The number of para-hydroxylation sites is 1. The van der Waals surface area contributed by atoms with Crippen molar-refractivity contribution in [1.82, 2.24) is 5.32 Å². The summed E-state index contributed by atoms with van der Waals surface area (Å²) in [6.07, 6.45) is 3.32. The molecule has 1 rings (SSSR count). The van der Waals surface area contributed by atoms with Gasteiger partial charge in [-0.3, -0.25) is 0 Å². The van der Waals surface area contributed by atoms with Crippen molar-refractivity contribution in [1.29, 1.82) is 0 Å². The van der Waals surface area contributed by atoms with Crippen molar-refractivity contribution in [3.05, 3.63) is 28.8 Å². The summed E-state index contributed by atoms with van der Waals surface area (Å²) in [6.45, 7) is 3.10. The Morgan fingerprint density at radius 3 is 2.78 bits per heavy atom. The van der Waals surface area contributed by atoms with Crippen LogP contribution in [0, 0.1) is 0 Å². The van der Waals surface area contributed by atoms with Gasteiger partial charge in [-0.2, -0.15) is 11.8 Å². The van der Waals surface area contributed by atoms with Gasteiger partial charge in [0.05, 0.1) is 10.7 Å². The number of rotatable bonds is 7. The molecule has 0 aliphatic rings. The van der Waals surface area contributed by atoms with Gasteiger partial charge in [0.15, 0.2) is 0 Å². The monoisotopic (exact) mass is 286 g/mol. The Bertz CT molecular complexity index is 371. The van der Waals surface area contributed by atoms with E-state index in [1.807, 2.05) is 30.9 Å². The molecule has 0 amide bonds. The minimum Gasteiger partial charge on any atom is -0.370 e. The second kappa shape index (κ2) is 7.93. The standard InChI is InChI=1S/C14H23ClN2S/c1-11(8-9-18-4)17(3)14-12(10-16-2)6-5-7-13(14)15/h5-7,11,16H,8-10H2,1-4H3. The zero-order valence-electron chi connectivity index (χ0n) is 11.7. The summed E-state index contributed by atoms with van der Waals surface area (Å²) in [4.78, 5) is 2.30. The van der Waals surface area contributed by atoms with Crippen LogP contribution in [0.3, 0.4) is 0 Å². The van der Waals surface area contributed by atoms with Crippen LogP contribution in [0.5, 0.6) is 0 Å². The Kier molecular flexibility index (Phi) is 6.90. The smallest absolute Gasteiger partial charge is 0.0642 e. The molecule has 0 heterocycles. The van der Waals surface area contributed by atoms with Gasteiger partial charge in [-0.05, 0) is 44.0 Å². The number of nitrogens with zero attached hydrogens (tertiary/aromatic N) is 1. The van der Waals surface area contributed by atoms with Crippen LogP contribution in [0.15, 0.2) is 18.2 Å². The molecule has 18 heavy (non-hydrogen) atoms. The first-order valence-corrected chi connectivity index (χ1v) is 8.02. The third-order valence-corrected chi connectivity index (χ3v) is 4.14. The number of benzene rings is 1. The van der Waals surface area contributed by atoms with Crippen LogP contribution in [-0.4, -0.2) is 32.1 Å². The first kappa shape index (κ1) is 15.7. The molecule has 0 spiro atoms. The highest BCUT2D eigenvalue weighted by atomic mass is 35.5. The van der Waals surface area contributed by atoms with Gasteiger partial charge in [0.2, 0.25) is 0 Å². The Labute approximate surface area is 120 Å². The van der Waals surface area contributed by atoms with Gasteiger partial charge < -0.3 is 10.2 Å². The van der Waals surface area contributed by atoms with Crippen LogP contribution in [0.1, 0.15) is 18.9 Å². The molecule has 0 aliphatic carbocycles. The molecule has 102 valence electrons. The highest BCUT2D eigenvalue weighted by Gasteiger charge is 2.16. The molecule has 1 aromatic rings. The highest BCUT2D eigenvalue weighted by molar-refractivity contribution is 7.98. The second-order valence-electron chi connectivity index (χ2n) is 4.52. The zero-order chi connectivity index (χ0) is 13.5. The molecule has 0 aromatic heterocycles. The largest absolute Gasteiger partial charge is 0.370 e. The quantitative estimate of drug-likeness (QED) is 0.824. The summed E-state index contributed by atoms with van der Waals surface area (Å²) in [6, 6.07) is 6.61. The van der Waals surface area contributed by atoms with Crippen molar-refractivity contribution in [3.8, 4) is 0 Å². The minimum atomic E-state index is 0.493. The van der Waals surface area contributed by atoms with Crippen molar-refractivity contribution in [3.63, 3.8) is 0 Å². The second-order valence-corrected chi connectivity index (χ2v) is 5.91.